The summed E-state index contributed by atoms with van der Waals surface area (Å²) in [5.74, 6) is -1.03. The van der Waals surface area contributed by atoms with Crippen molar-refractivity contribution < 1.29 is 28.6 Å². The number of allylic oxidation sites excluding steroid dienone is 20. The highest BCUT2D eigenvalue weighted by atomic mass is 16.6. The van der Waals surface area contributed by atoms with Gasteiger partial charge in [-0.3, -0.25) is 14.4 Å². The molecule has 0 bridgehead atoms. The van der Waals surface area contributed by atoms with Crippen molar-refractivity contribution in [2.24, 2.45) is 0 Å². The lowest BCUT2D eigenvalue weighted by Gasteiger charge is -2.18. The average Bonchev–Trinajstić information content (AvgIpc) is 3.28. The van der Waals surface area contributed by atoms with Crippen molar-refractivity contribution in [2.75, 3.05) is 13.2 Å². The van der Waals surface area contributed by atoms with Crippen LogP contribution in [0, 0.1) is 0 Å². The molecule has 0 aliphatic heterocycles. The monoisotopic (exact) mass is 871 g/mol. The molecule has 1 unspecified atom stereocenters. The fourth-order valence-electron chi connectivity index (χ4n) is 6.38. The Kier molecular flexibility index (Phi) is 47.1. The number of esters is 3. The molecule has 0 N–H and O–H groups in total. The van der Waals surface area contributed by atoms with Crippen LogP contribution in [0.3, 0.4) is 0 Å². The first-order valence-corrected chi connectivity index (χ1v) is 25.1. The smallest absolute Gasteiger partial charge is 0.306 e. The number of unbranched alkanes of at least 4 members (excludes halogenated alkanes) is 18. The SMILES string of the molecule is CC\C=C/C=C\C=C/C=C\C=C\C=C/C=C\CCCCCC(=O)OCC(COC(=O)CCCCCCCCCCC)OC(=O)CCC/C=C\C/C=C\C/C=C\CCCCCCCC. The average molecular weight is 871 g/mol. The fourth-order valence-corrected chi connectivity index (χ4v) is 6.38. The lowest BCUT2D eigenvalue weighted by molar-refractivity contribution is -0.167. The summed E-state index contributed by atoms with van der Waals surface area (Å²) in [4.78, 5) is 37.8. The van der Waals surface area contributed by atoms with Gasteiger partial charge in [-0.15, -0.1) is 0 Å². The van der Waals surface area contributed by atoms with E-state index in [1.54, 1.807) is 0 Å². The van der Waals surface area contributed by atoms with Crippen LogP contribution in [-0.2, 0) is 28.6 Å². The predicted molar refractivity (Wildman–Crippen MR) is 269 cm³/mol. The van der Waals surface area contributed by atoms with Crippen molar-refractivity contribution in [2.45, 2.75) is 207 Å². The summed E-state index contributed by atoms with van der Waals surface area (Å²) in [6, 6.07) is 0. The van der Waals surface area contributed by atoms with E-state index in [-0.39, 0.29) is 37.5 Å². The molecule has 0 fully saturated rings. The van der Waals surface area contributed by atoms with Crippen LogP contribution in [0.25, 0.3) is 0 Å². The Morgan fingerprint density at radius 3 is 1.17 bits per heavy atom. The molecule has 0 aromatic rings. The molecule has 6 nitrogen and oxygen atoms in total. The number of rotatable bonds is 43. The van der Waals surface area contributed by atoms with Gasteiger partial charge in [-0.25, -0.2) is 0 Å². The van der Waals surface area contributed by atoms with Gasteiger partial charge in [0, 0.05) is 19.3 Å². The predicted octanol–water partition coefficient (Wildman–Crippen LogP) is 16.5. The van der Waals surface area contributed by atoms with E-state index in [0.717, 1.165) is 70.6 Å². The molecule has 0 radical (unpaired) electrons. The van der Waals surface area contributed by atoms with Crippen LogP contribution in [0.2, 0.25) is 0 Å². The highest BCUT2D eigenvalue weighted by Crippen LogP contribution is 2.12. The van der Waals surface area contributed by atoms with Crippen LogP contribution in [0.1, 0.15) is 201 Å². The molecule has 0 heterocycles. The largest absolute Gasteiger partial charge is 0.462 e. The standard InChI is InChI=1S/C57H90O6/c1-4-7-10-13-16-19-21-23-25-27-28-30-31-33-35-38-41-44-47-50-56(59)62-53-54(52-61-55(58)49-46-43-40-37-18-15-12-9-6-3)63-57(60)51-48-45-42-39-36-34-32-29-26-24-22-20-17-14-11-8-5-2/h7,10,13,16,19,21,23-28,30-35,39,42,54H,4-6,8-9,11-12,14-15,17-18,20,22,29,36-38,40-41,43-53H2,1-3H3/b10-7-,16-13-,21-19-,25-23-,26-24-,28-27+,31-30-,34-32-,35-33-,42-39-. The van der Waals surface area contributed by atoms with Gasteiger partial charge in [0.25, 0.3) is 0 Å². The minimum Gasteiger partial charge on any atom is -0.462 e. The van der Waals surface area contributed by atoms with E-state index in [0.29, 0.717) is 19.3 Å². The zero-order valence-electron chi connectivity index (χ0n) is 40.3. The van der Waals surface area contributed by atoms with Crippen LogP contribution in [0.5, 0.6) is 0 Å². The second-order valence-corrected chi connectivity index (χ2v) is 16.2. The maximum absolute atomic E-state index is 12.8. The summed E-state index contributed by atoms with van der Waals surface area (Å²) in [5.41, 5.74) is 0. The molecule has 63 heavy (non-hydrogen) atoms. The molecule has 0 aromatic heterocycles. The highest BCUT2D eigenvalue weighted by molar-refractivity contribution is 5.71. The second kappa shape index (κ2) is 50.5. The van der Waals surface area contributed by atoms with Crippen molar-refractivity contribution in [1.82, 2.24) is 0 Å². The molecule has 354 valence electrons. The number of hydrogen-bond acceptors (Lipinski definition) is 6. The maximum atomic E-state index is 12.8. The van der Waals surface area contributed by atoms with E-state index in [9.17, 15) is 14.4 Å². The van der Waals surface area contributed by atoms with Gasteiger partial charge in [0.05, 0.1) is 0 Å². The molecule has 6 heteroatoms. The van der Waals surface area contributed by atoms with E-state index < -0.39 is 6.10 Å². The molecule has 0 saturated carbocycles. The number of carbonyl (C=O) groups is 3. The fraction of sp³-hybridized carbons (Fsp3) is 0.596. The Balaban J connectivity index is 4.55. The quantitative estimate of drug-likeness (QED) is 0.0200. The Hall–Kier alpha value is -4.19. The van der Waals surface area contributed by atoms with Gasteiger partial charge in [0.1, 0.15) is 13.2 Å². The van der Waals surface area contributed by atoms with Crippen LogP contribution in [-0.4, -0.2) is 37.2 Å². The maximum Gasteiger partial charge on any atom is 0.306 e. The van der Waals surface area contributed by atoms with E-state index in [2.05, 4.69) is 69.4 Å². The summed E-state index contributed by atoms with van der Waals surface area (Å²) in [7, 11) is 0. The van der Waals surface area contributed by atoms with Gasteiger partial charge in [-0.1, -0.05) is 232 Å². The molecule has 0 spiro atoms. The first-order chi connectivity index (χ1) is 31.0. The summed E-state index contributed by atoms with van der Waals surface area (Å²) < 4.78 is 16.7. The van der Waals surface area contributed by atoms with E-state index >= 15 is 0 Å². The van der Waals surface area contributed by atoms with E-state index in [1.807, 2.05) is 72.9 Å². The van der Waals surface area contributed by atoms with Gasteiger partial charge in [0.2, 0.25) is 0 Å². The lowest BCUT2D eigenvalue weighted by atomic mass is 10.1. The van der Waals surface area contributed by atoms with Crippen LogP contribution in [0.15, 0.2) is 122 Å². The first-order valence-electron chi connectivity index (χ1n) is 25.1. The molecule has 0 aromatic carbocycles. The van der Waals surface area contributed by atoms with Gasteiger partial charge in [-0.2, -0.15) is 0 Å². The Morgan fingerprint density at radius 2 is 0.698 bits per heavy atom. The molecule has 0 rings (SSSR count). The van der Waals surface area contributed by atoms with Gasteiger partial charge >= 0.3 is 17.9 Å². The van der Waals surface area contributed by atoms with Crippen molar-refractivity contribution in [3.8, 4) is 0 Å². The van der Waals surface area contributed by atoms with Crippen LogP contribution >= 0.6 is 0 Å². The first kappa shape index (κ1) is 58.8. The lowest BCUT2D eigenvalue weighted by Crippen LogP contribution is -2.30. The van der Waals surface area contributed by atoms with Gasteiger partial charge in [-0.05, 0) is 70.6 Å². The van der Waals surface area contributed by atoms with Crippen molar-refractivity contribution >= 4 is 17.9 Å². The molecule has 1 atom stereocenters. The second-order valence-electron chi connectivity index (χ2n) is 16.2. The van der Waals surface area contributed by atoms with E-state index in [1.165, 1.54) is 83.5 Å². The van der Waals surface area contributed by atoms with Gasteiger partial charge < -0.3 is 14.2 Å². The van der Waals surface area contributed by atoms with Crippen molar-refractivity contribution in [3.63, 3.8) is 0 Å². The Morgan fingerprint density at radius 1 is 0.349 bits per heavy atom. The molecular weight excluding hydrogens is 781 g/mol. The normalized spacial score (nSPS) is 13.1. The highest BCUT2D eigenvalue weighted by Gasteiger charge is 2.19. The van der Waals surface area contributed by atoms with Crippen molar-refractivity contribution in [1.29, 1.82) is 0 Å². The third-order valence-electron chi connectivity index (χ3n) is 10.1. The number of hydrogen-bond donors (Lipinski definition) is 0. The Labute approximate surface area is 386 Å². The van der Waals surface area contributed by atoms with E-state index in [4.69, 9.17) is 14.2 Å². The third-order valence-corrected chi connectivity index (χ3v) is 10.1. The summed E-state index contributed by atoms with van der Waals surface area (Å²) in [6.07, 6.45) is 69.0. The molecular formula is C57H90O6. The van der Waals surface area contributed by atoms with Gasteiger partial charge in [0.15, 0.2) is 6.10 Å². The summed E-state index contributed by atoms with van der Waals surface area (Å²) in [6.45, 7) is 6.36. The topological polar surface area (TPSA) is 78.9 Å². The number of ether oxygens (including phenoxy) is 3. The zero-order chi connectivity index (χ0) is 45.8. The number of carbonyl (C=O) groups excluding carboxylic acids is 3. The van der Waals surface area contributed by atoms with Crippen LogP contribution in [0.4, 0.5) is 0 Å². The Bertz CT molecular complexity index is 1370. The van der Waals surface area contributed by atoms with Crippen LogP contribution < -0.4 is 0 Å². The third kappa shape index (κ3) is 48.7. The minimum absolute atomic E-state index is 0.115. The molecule has 0 saturated heterocycles. The minimum atomic E-state index is -0.824. The summed E-state index contributed by atoms with van der Waals surface area (Å²) in [5, 5.41) is 0. The molecule has 0 aliphatic carbocycles. The molecule has 0 aliphatic rings. The zero-order valence-corrected chi connectivity index (χ0v) is 40.3. The van der Waals surface area contributed by atoms with Crippen molar-refractivity contribution in [3.05, 3.63) is 122 Å². The molecule has 0 amide bonds. The summed E-state index contributed by atoms with van der Waals surface area (Å²) >= 11 is 0.